The van der Waals surface area contributed by atoms with Gasteiger partial charge in [-0.25, -0.2) is 14.4 Å². The van der Waals surface area contributed by atoms with E-state index >= 15 is 0 Å². The molecule has 0 aromatic heterocycles. The molecule has 0 aliphatic heterocycles. The number of amides is 1. The molecule has 1 amide bonds. The van der Waals surface area contributed by atoms with Gasteiger partial charge in [0.1, 0.15) is 5.82 Å². The average Bonchev–Trinajstić information content (AvgIpc) is 2.47. The zero-order valence-corrected chi connectivity index (χ0v) is 10.6. The summed E-state index contributed by atoms with van der Waals surface area (Å²) in [6.45, 7) is 7.01. The Morgan fingerprint density at radius 1 is 1.24 bits per heavy atom. The van der Waals surface area contributed by atoms with Crippen LogP contribution in [0.15, 0.2) is 42.5 Å². The van der Waals surface area contributed by atoms with Crippen molar-refractivity contribution in [2.24, 2.45) is 0 Å². The van der Waals surface area contributed by atoms with Gasteiger partial charge in [0.15, 0.2) is 0 Å². The van der Waals surface area contributed by atoms with E-state index < -0.39 is 11.7 Å². The largest absolute Gasteiger partial charge is 0.331 e. The van der Waals surface area contributed by atoms with E-state index in [1.165, 1.54) is 30.3 Å². The Labute approximate surface area is 118 Å². The fourth-order valence-corrected chi connectivity index (χ4v) is 1.64. The molecular formula is C14H9FN3O3+. The second-order valence-electron chi connectivity index (χ2n) is 4.05. The molecule has 21 heavy (non-hydrogen) atoms. The number of anilines is 1. The fourth-order valence-electron chi connectivity index (χ4n) is 1.64. The van der Waals surface area contributed by atoms with Crippen LogP contribution in [0.3, 0.4) is 0 Å². The summed E-state index contributed by atoms with van der Waals surface area (Å²) < 4.78 is 12.8. The molecule has 6 nitrogen and oxygen atoms in total. The zero-order valence-electron chi connectivity index (χ0n) is 10.6. The second-order valence-corrected chi connectivity index (χ2v) is 4.05. The number of carbonyl (C=O) groups excluding carboxylic acids is 1. The van der Waals surface area contributed by atoms with E-state index in [1.807, 2.05) is 0 Å². The van der Waals surface area contributed by atoms with Crippen LogP contribution in [0, 0.1) is 17.3 Å². The van der Waals surface area contributed by atoms with E-state index in [-0.39, 0.29) is 27.5 Å². The smallest absolute Gasteiger partial charge is 0.316 e. The third-order valence-electron chi connectivity index (χ3n) is 2.68. The standard InChI is InChI=1S/C14H8FN3O3/c1-16-12-7-6-11(18(20)21)8-13(12)17-14(19)9-2-4-10(15)5-3-9/h2-8H,(H-,17,19,20,21)/p+1. The van der Waals surface area contributed by atoms with Gasteiger partial charge in [-0.2, -0.15) is 0 Å². The lowest BCUT2D eigenvalue weighted by Crippen LogP contribution is -2.12. The Morgan fingerprint density at radius 3 is 2.48 bits per heavy atom. The highest BCUT2D eigenvalue weighted by Crippen LogP contribution is 2.29. The Balaban J connectivity index is 2.32. The van der Waals surface area contributed by atoms with Crippen molar-refractivity contribution in [3.63, 3.8) is 0 Å². The molecule has 2 N–H and O–H groups in total. The van der Waals surface area contributed by atoms with Crippen LogP contribution in [-0.2, 0) is 0 Å². The summed E-state index contributed by atoms with van der Waals surface area (Å²) in [5.41, 5.74) is 0.250. The molecule has 0 heterocycles. The molecule has 0 spiro atoms. The molecular weight excluding hydrogens is 277 g/mol. The van der Waals surface area contributed by atoms with Gasteiger partial charge in [0.05, 0.1) is 17.2 Å². The number of nitrogens with zero attached hydrogens (tertiary/aromatic N) is 2. The maximum absolute atomic E-state index is 12.8. The number of hydrogen-bond acceptors (Lipinski definition) is 2. The predicted molar refractivity (Wildman–Crippen MR) is 72.1 cm³/mol. The number of nitrogens with one attached hydrogen (secondary N) is 1. The molecule has 2 aromatic carbocycles. The monoisotopic (exact) mass is 286 g/mol. The normalized spacial score (nSPS) is 9.71. The summed E-state index contributed by atoms with van der Waals surface area (Å²) in [6.07, 6.45) is 0. The minimum absolute atomic E-state index is 0.0757. The Kier molecular flexibility index (Phi) is 3.90. The van der Waals surface area contributed by atoms with E-state index in [4.69, 9.17) is 11.8 Å². The first kappa shape index (κ1) is 14.1. The number of rotatable bonds is 3. The lowest BCUT2D eigenvalue weighted by atomic mass is 10.2. The van der Waals surface area contributed by atoms with Gasteiger partial charge in [-0.15, -0.1) is 0 Å². The van der Waals surface area contributed by atoms with Gasteiger partial charge in [0.25, 0.3) is 10.8 Å². The molecule has 0 saturated heterocycles. The summed E-state index contributed by atoms with van der Waals surface area (Å²) in [4.78, 5) is 25.6. The molecule has 0 aliphatic rings. The highest BCUT2D eigenvalue weighted by atomic mass is 19.1. The van der Waals surface area contributed by atoms with Crippen molar-refractivity contribution in [2.75, 3.05) is 5.32 Å². The van der Waals surface area contributed by atoms with Crippen LogP contribution in [0.1, 0.15) is 10.4 Å². The summed E-state index contributed by atoms with van der Waals surface area (Å²) in [5, 5.41) is 11.3. The molecule has 0 saturated carbocycles. The topological polar surface area (TPSA) is 73.8 Å². The second kappa shape index (κ2) is 5.79. The van der Waals surface area contributed by atoms with Crippen molar-refractivity contribution in [1.29, 1.82) is 0 Å². The minimum atomic E-state index is -0.563. The van der Waals surface area contributed by atoms with Gasteiger partial charge in [-0.1, -0.05) is 0 Å². The van der Waals surface area contributed by atoms with Crippen LogP contribution < -0.4 is 5.32 Å². The van der Waals surface area contributed by atoms with Crippen molar-refractivity contribution in [1.82, 2.24) is 0 Å². The molecule has 0 radical (unpaired) electrons. The molecule has 104 valence electrons. The van der Waals surface area contributed by atoms with Crippen LogP contribution in [0.25, 0.3) is 4.85 Å². The molecule has 0 atom stereocenters. The molecule has 0 fully saturated rings. The first-order valence-electron chi connectivity index (χ1n) is 5.76. The van der Waals surface area contributed by atoms with Crippen molar-refractivity contribution >= 4 is 23.0 Å². The van der Waals surface area contributed by atoms with E-state index in [0.717, 1.165) is 12.1 Å². The summed E-state index contributed by atoms with van der Waals surface area (Å²) in [6, 6.07) is 8.55. The fraction of sp³-hybridized carbons (Fsp3) is 0. The third kappa shape index (κ3) is 3.19. The molecule has 2 rings (SSSR count). The van der Waals surface area contributed by atoms with Gasteiger partial charge in [0, 0.05) is 17.7 Å². The molecule has 0 bridgehead atoms. The van der Waals surface area contributed by atoms with Gasteiger partial charge in [-0.3, -0.25) is 4.79 Å². The van der Waals surface area contributed by atoms with E-state index in [9.17, 15) is 14.1 Å². The van der Waals surface area contributed by atoms with Crippen LogP contribution in [0.4, 0.5) is 21.5 Å². The van der Waals surface area contributed by atoms with Crippen LogP contribution >= 0.6 is 0 Å². The number of carbonyl (C=O) groups is 1. The third-order valence-corrected chi connectivity index (χ3v) is 2.68. The highest BCUT2D eigenvalue weighted by molar-refractivity contribution is 6.06. The first-order chi connectivity index (χ1) is 10.0. The molecule has 7 heteroatoms. The average molecular weight is 286 g/mol. The van der Waals surface area contributed by atoms with Crippen molar-refractivity contribution < 1.29 is 19.3 Å². The maximum atomic E-state index is 12.8. The van der Waals surface area contributed by atoms with Gasteiger partial charge < -0.3 is 5.32 Å². The zero-order chi connectivity index (χ0) is 15.4. The van der Waals surface area contributed by atoms with Crippen molar-refractivity contribution in [2.45, 2.75) is 0 Å². The summed E-state index contributed by atoms with van der Waals surface area (Å²) in [7, 11) is 0. The van der Waals surface area contributed by atoms with Crippen LogP contribution in [-0.4, -0.2) is 16.0 Å². The van der Waals surface area contributed by atoms with Crippen molar-refractivity contribution in [3.05, 3.63) is 70.2 Å². The van der Waals surface area contributed by atoms with Crippen LogP contribution in [0.2, 0.25) is 0 Å². The van der Waals surface area contributed by atoms with Gasteiger partial charge in [0.2, 0.25) is 5.69 Å². The van der Waals surface area contributed by atoms with Gasteiger partial charge in [-0.05, 0) is 30.3 Å². The summed E-state index contributed by atoms with van der Waals surface area (Å²) >= 11 is 0. The number of benzene rings is 2. The van der Waals surface area contributed by atoms with E-state index in [2.05, 4.69) is 10.2 Å². The van der Waals surface area contributed by atoms with E-state index in [0.29, 0.717) is 0 Å². The van der Waals surface area contributed by atoms with Gasteiger partial charge >= 0.3 is 5.69 Å². The predicted octanol–water partition coefficient (Wildman–Crippen LogP) is 3.43. The lowest BCUT2D eigenvalue weighted by Gasteiger charge is -2.06. The quantitative estimate of drug-likeness (QED) is 0.670. The van der Waals surface area contributed by atoms with E-state index in [1.54, 1.807) is 0 Å². The van der Waals surface area contributed by atoms with Crippen molar-refractivity contribution in [3.8, 4) is 0 Å². The van der Waals surface area contributed by atoms with Crippen LogP contribution in [0.5, 0.6) is 0 Å². The Bertz CT molecular complexity index is 751. The first-order valence-corrected chi connectivity index (χ1v) is 5.76. The molecule has 0 aliphatic carbocycles. The Morgan fingerprint density at radius 2 is 1.90 bits per heavy atom. The minimum Gasteiger partial charge on any atom is -0.331 e. The number of halogens is 1. The molecule has 2 aromatic rings. The summed E-state index contributed by atoms with van der Waals surface area (Å²) in [5.74, 6) is -1.04. The molecule has 0 unspecified atom stereocenters. The highest BCUT2D eigenvalue weighted by Gasteiger charge is 2.17. The number of hydrogen-bond donors (Lipinski definition) is 2. The maximum Gasteiger partial charge on any atom is 0.316 e. The lowest BCUT2D eigenvalue weighted by molar-refractivity contribution is -0.729. The SMILES string of the molecule is [C-]#[N+]c1ccc([N+](=O)O)cc1NC(=O)c1ccc(F)cc1. The Hall–Kier alpha value is -3.27.